The van der Waals surface area contributed by atoms with Crippen molar-refractivity contribution in [3.8, 4) is 0 Å². The van der Waals surface area contributed by atoms with Crippen molar-refractivity contribution in [2.45, 2.75) is 70.2 Å². The molecule has 15 heteroatoms. The van der Waals surface area contributed by atoms with E-state index in [1.54, 1.807) is 18.3 Å². The summed E-state index contributed by atoms with van der Waals surface area (Å²) in [5.41, 5.74) is 2.20. The summed E-state index contributed by atoms with van der Waals surface area (Å²) in [6, 6.07) is 5.19. The fourth-order valence-electron chi connectivity index (χ4n) is 5.29. The molecule has 1 amide bonds. The summed E-state index contributed by atoms with van der Waals surface area (Å²) < 4.78 is 15.5. The molecule has 3 fully saturated rings. The minimum atomic E-state index is -5.03. The number of carbonyl (C=O) groups is 1. The molecule has 40 heavy (non-hydrogen) atoms. The van der Waals surface area contributed by atoms with Gasteiger partial charge in [0.2, 0.25) is 5.95 Å². The van der Waals surface area contributed by atoms with Crippen molar-refractivity contribution >= 4 is 37.1 Å². The largest absolute Gasteiger partial charge is 1.00 e. The van der Waals surface area contributed by atoms with Crippen LogP contribution in [0.2, 0.25) is 5.02 Å². The van der Waals surface area contributed by atoms with E-state index in [0.717, 1.165) is 25.1 Å². The Balaban J connectivity index is 0.00000220. The van der Waals surface area contributed by atoms with Crippen molar-refractivity contribution in [1.82, 2.24) is 15.3 Å². The summed E-state index contributed by atoms with van der Waals surface area (Å²) in [6.45, 7) is 2.01. The van der Waals surface area contributed by atoms with Crippen LogP contribution in [0, 0.1) is 5.41 Å². The molecule has 0 bridgehead atoms. The molecule has 2 aliphatic carbocycles. The molecule has 1 aromatic heterocycles. The summed E-state index contributed by atoms with van der Waals surface area (Å²) >= 11 is 6.25. The molecular weight excluding hydrogens is 579 g/mol. The van der Waals surface area contributed by atoms with Gasteiger partial charge >= 0.3 is 59.1 Å². The number of nitrogens with one attached hydrogen (secondary N) is 2. The predicted octanol–water partition coefficient (Wildman–Crippen LogP) is -3.88. The summed E-state index contributed by atoms with van der Waals surface area (Å²) in [5, 5.41) is 16.1. The number of benzene rings is 1. The van der Waals surface area contributed by atoms with Gasteiger partial charge in [-0.15, -0.1) is 0 Å². The van der Waals surface area contributed by atoms with Gasteiger partial charge < -0.3 is 39.5 Å². The number of aliphatic hydroxyl groups is 1. The van der Waals surface area contributed by atoms with Gasteiger partial charge in [-0.25, -0.2) is 4.98 Å². The van der Waals surface area contributed by atoms with E-state index < -0.39 is 13.9 Å². The Morgan fingerprint density at radius 1 is 1.20 bits per heavy atom. The minimum absolute atomic E-state index is 0. The number of carbonyl (C=O) groups excluding carboxylic acids is 1. The third-order valence-corrected chi connectivity index (χ3v) is 8.64. The van der Waals surface area contributed by atoms with E-state index in [4.69, 9.17) is 16.6 Å². The van der Waals surface area contributed by atoms with Crippen LogP contribution in [-0.4, -0.2) is 46.2 Å². The molecule has 3 N–H and O–H groups in total. The van der Waals surface area contributed by atoms with Gasteiger partial charge in [0.25, 0.3) is 5.91 Å². The average Bonchev–Trinajstić information content (AvgIpc) is 3.51. The Morgan fingerprint density at radius 3 is 2.52 bits per heavy atom. The zero-order valence-electron chi connectivity index (χ0n) is 22.9. The second-order valence-corrected chi connectivity index (χ2v) is 12.1. The van der Waals surface area contributed by atoms with Crippen LogP contribution >= 0.6 is 19.4 Å². The first-order chi connectivity index (χ1) is 18.1. The van der Waals surface area contributed by atoms with E-state index in [1.165, 1.54) is 12.8 Å². The molecule has 2 saturated carbocycles. The number of hydrogen-bond acceptors (Lipinski definition) is 10. The van der Waals surface area contributed by atoms with Crippen molar-refractivity contribution in [2.24, 2.45) is 5.41 Å². The first-order valence-electron chi connectivity index (χ1n) is 12.9. The zero-order chi connectivity index (χ0) is 26.9. The number of amides is 1. The van der Waals surface area contributed by atoms with Gasteiger partial charge in [0.05, 0.1) is 20.5 Å². The number of aliphatic hydroxyl groups excluding tert-OH is 1. The monoisotopic (exact) mass is 609 g/mol. The molecule has 11 nitrogen and oxygen atoms in total. The second kappa shape index (κ2) is 14.5. The number of nitrogens with zero attached hydrogens (tertiary/aromatic N) is 3. The number of phosphoric acid groups is 1. The summed E-state index contributed by atoms with van der Waals surface area (Å²) in [7, 11) is -5.03. The Kier molecular flexibility index (Phi) is 12.4. The first-order valence-corrected chi connectivity index (χ1v) is 14.7. The molecule has 1 spiro atoms. The topological polar surface area (TPSA) is 163 Å². The molecule has 1 saturated heterocycles. The summed E-state index contributed by atoms with van der Waals surface area (Å²) in [6.07, 6.45) is 6.18. The van der Waals surface area contributed by atoms with Gasteiger partial charge in [0.1, 0.15) is 11.4 Å². The second-order valence-electron chi connectivity index (χ2n) is 10.5. The van der Waals surface area contributed by atoms with Gasteiger partial charge in [-0.2, -0.15) is 4.98 Å². The van der Waals surface area contributed by atoms with Gasteiger partial charge in [-0.1, -0.05) is 23.7 Å². The van der Waals surface area contributed by atoms with Crippen LogP contribution in [0.4, 0.5) is 11.8 Å². The predicted molar refractivity (Wildman–Crippen MR) is 137 cm³/mol. The number of hydrogen-bond donors (Lipinski definition) is 3. The molecule has 0 atom stereocenters. The average molecular weight is 610 g/mol. The molecule has 1 aromatic carbocycles. The Labute approximate surface area is 283 Å². The van der Waals surface area contributed by atoms with Crippen molar-refractivity contribution in [3.05, 3.63) is 46.1 Å². The van der Waals surface area contributed by atoms with Crippen LogP contribution in [-0.2, 0) is 22.2 Å². The molecule has 206 valence electrons. The molecule has 2 heterocycles. The van der Waals surface area contributed by atoms with Crippen molar-refractivity contribution in [1.29, 1.82) is 0 Å². The number of phosphoric ester groups is 1. The van der Waals surface area contributed by atoms with Crippen molar-refractivity contribution in [3.63, 3.8) is 0 Å². The van der Waals surface area contributed by atoms with E-state index in [9.17, 15) is 24.3 Å². The number of anilines is 2. The van der Waals surface area contributed by atoms with Crippen LogP contribution in [0.3, 0.4) is 0 Å². The Morgan fingerprint density at radius 2 is 1.93 bits per heavy atom. The molecule has 1 aliphatic heterocycles. The fraction of sp³-hybridized carbons (Fsp3) is 0.560. The molecule has 2 aromatic rings. The Bertz CT molecular complexity index is 1240. The van der Waals surface area contributed by atoms with E-state index in [1.807, 2.05) is 6.07 Å². The smallest absolute Gasteiger partial charge is 0.790 e. The molecular formula is C25H31ClN5Na2O6P. The van der Waals surface area contributed by atoms with E-state index in [2.05, 4.69) is 25.0 Å². The zero-order valence-corrected chi connectivity index (χ0v) is 28.5. The van der Waals surface area contributed by atoms with Gasteiger partial charge in [-0.3, -0.25) is 4.79 Å². The third kappa shape index (κ3) is 8.88. The van der Waals surface area contributed by atoms with Gasteiger partial charge in [0.15, 0.2) is 0 Å². The number of halogens is 1. The van der Waals surface area contributed by atoms with Crippen molar-refractivity contribution in [2.75, 3.05) is 23.3 Å². The van der Waals surface area contributed by atoms with Crippen LogP contribution in [0.1, 0.15) is 66.4 Å². The fourth-order valence-corrected chi connectivity index (χ4v) is 6.13. The number of rotatable bonds is 9. The van der Waals surface area contributed by atoms with Crippen LogP contribution in [0.15, 0.2) is 24.4 Å². The summed E-state index contributed by atoms with van der Waals surface area (Å²) in [5.74, 6) is 0.650. The Hall–Kier alpha value is -0.270. The van der Waals surface area contributed by atoms with Crippen LogP contribution in [0.5, 0.6) is 0 Å². The maximum Gasteiger partial charge on any atom is 1.00 e. The SMILES string of the molecule is O=C(NC1CCC(OP(=O)([O-])[O-])CC1)c1cnc(N2CCC3(CC3)C2)nc1NCc1ccc(CO)c(Cl)c1.[Na+].[Na+]. The van der Waals surface area contributed by atoms with Crippen molar-refractivity contribution < 1.29 is 87.9 Å². The quantitative estimate of drug-likeness (QED) is 0.189. The summed E-state index contributed by atoms with van der Waals surface area (Å²) in [4.78, 5) is 46.5. The maximum atomic E-state index is 13.3. The molecule has 3 aliphatic rings. The first kappa shape index (κ1) is 34.2. The van der Waals surface area contributed by atoms with Crippen LogP contribution < -0.4 is 84.4 Å². The normalized spacial score (nSPS) is 21.4. The maximum absolute atomic E-state index is 13.3. The van der Waals surface area contributed by atoms with E-state index in [-0.39, 0.29) is 77.7 Å². The minimum Gasteiger partial charge on any atom is -0.790 e. The molecule has 0 unspecified atom stereocenters. The number of aromatic nitrogens is 2. The standard InChI is InChI=1S/C25H33ClN5O6P.2Na/c26-21-11-16(1-2-17(21)14-32)12-27-22-20(13-28-24(30-22)31-10-9-25(15-31)7-8-25)23(33)29-18-3-5-19(6-4-18)37-38(34,35)36;;/h1-2,11,13,18-19,32H,3-10,12,14-15H2,(H,29,33)(H,27,28,30)(H2,34,35,36);;/q;2*+1/p-2. The van der Waals surface area contributed by atoms with Gasteiger partial charge in [-0.05, 0) is 67.6 Å². The van der Waals surface area contributed by atoms with Crippen LogP contribution in [0.25, 0.3) is 0 Å². The van der Waals surface area contributed by atoms with E-state index in [0.29, 0.717) is 65.6 Å². The third-order valence-electron chi connectivity index (χ3n) is 7.73. The molecule has 0 radical (unpaired) electrons. The van der Waals surface area contributed by atoms with E-state index >= 15 is 0 Å². The van der Waals surface area contributed by atoms with Gasteiger partial charge in [0, 0.05) is 36.9 Å². The molecule has 5 rings (SSSR count).